The molecule has 0 bridgehead atoms. The fourth-order valence-electron chi connectivity index (χ4n) is 2.93. The Morgan fingerprint density at radius 3 is 2.75 bits per heavy atom. The van der Waals surface area contributed by atoms with E-state index >= 15 is 0 Å². The number of anilines is 1. The summed E-state index contributed by atoms with van der Waals surface area (Å²) in [6.07, 6.45) is -1.07. The maximum atomic E-state index is 12.8. The van der Waals surface area contributed by atoms with E-state index < -0.39 is 35.3 Å². The molecule has 0 aromatic carbocycles. The highest BCUT2D eigenvalue weighted by molar-refractivity contribution is 8.00. The lowest BCUT2D eigenvalue weighted by molar-refractivity contribution is -0.150. The molecule has 32 heavy (non-hydrogen) atoms. The van der Waals surface area contributed by atoms with E-state index in [1.54, 1.807) is 0 Å². The van der Waals surface area contributed by atoms with Gasteiger partial charge in [0.25, 0.3) is 11.8 Å². The first-order chi connectivity index (χ1) is 15.2. The summed E-state index contributed by atoms with van der Waals surface area (Å²) in [6, 6.07) is -1.02. The minimum Gasteiger partial charge on any atom is -0.477 e. The monoisotopic (exact) mass is 485 g/mol. The highest BCUT2D eigenvalue weighted by atomic mass is 32.2. The molecular weight excluding hydrogens is 466 g/mol. The Kier molecular flexibility index (Phi) is 7.16. The third-order valence-corrected chi connectivity index (χ3v) is 6.28. The van der Waals surface area contributed by atoms with Gasteiger partial charge in [0, 0.05) is 23.3 Å². The summed E-state index contributed by atoms with van der Waals surface area (Å²) in [5, 5.41) is 16.9. The molecule has 2 aliphatic heterocycles. The van der Waals surface area contributed by atoms with Crippen molar-refractivity contribution in [3.63, 3.8) is 0 Å². The Balaban J connectivity index is 1.77. The molecule has 3 heterocycles. The number of hydrogen-bond donors (Lipinski definition) is 5. The average molecular weight is 486 g/mol. The first kappa shape index (κ1) is 23.3. The fourth-order valence-corrected chi connectivity index (χ4v) is 4.80. The van der Waals surface area contributed by atoms with Gasteiger partial charge in [0.05, 0.1) is 0 Å². The number of aliphatic carboxylic acids is 1. The molecule has 172 valence electrons. The summed E-state index contributed by atoms with van der Waals surface area (Å²) in [5.41, 5.74) is 15.7. The zero-order valence-electron chi connectivity index (χ0n) is 16.3. The van der Waals surface area contributed by atoms with E-state index in [0.29, 0.717) is 0 Å². The van der Waals surface area contributed by atoms with Crippen LogP contribution in [0.15, 0.2) is 21.8 Å². The summed E-state index contributed by atoms with van der Waals surface area (Å²) < 4.78 is 4.67. The van der Waals surface area contributed by atoms with Crippen LogP contribution < -0.4 is 22.5 Å². The van der Waals surface area contributed by atoms with Crippen LogP contribution in [0.1, 0.15) is 5.69 Å². The molecule has 2 aliphatic rings. The summed E-state index contributed by atoms with van der Waals surface area (Å²) in [4.78, 5) is 58.1. The van der Waals surface area contributed by atoms with Gasteiger partial charge in [-0.25, -0.2) is 14.6 Å². The second-order valence-electron chi connectivity index (χ2n) is 6.36. The lowest BCUT2D eigenvalue weighted by Crippen LogP contribution is -2.71. The third kappa shape index (κ3) is 4.76. The van der Waals surface area contributed by atoms with Crippen molar-refractivity contribution in [1.82, 2.24) is 15.2 Å². The normalized spacial score (nSPS) is 20.3. The molecule has 2 atom stereocenters. The summed E-state index contributed by atoms with van der Waals surface area (Å²) in [5.74, 6) is -2.62. The number of β-lactam (4-membered cyclic amide) rings is 1. The molecule has 8 N–H and O–H groups in total. The minimum absolute atomic E-state index is 0.0495. The Morgan fingerprint density at radius 2 is 2.16 bits per heavy atom. The Labute approximate surface area is 188 Å². The minimum atomic E-state index is -1.37. The van der Waals surface area contributed by atoms with E-state index in [4.69, 9.17) is 22.0 Å². The number of carbonyl (C=O) groups excluding carboxylic acids is 3. The van der Waals surface area contributed by atoms with Crippen molar-refractivity contribution in [2.75, 3.05) is 31.2 Å². The number of aromatic nitrogens is 1. The molecule has 0 aliphatic carbocycles. The first-order valence-corrected chi connectivity index (χ1v) is 10.9. The second-order valence-corrected chi connectivity index (χ2v) is 8.35. The van der Waals surface area contributed by atoms with Gasteiger partial charge in [0.1, 0.15) is 36.0 Å². The van der Waals surface area contributed by atoms with Crippen molar-refractivity contribution < 1.29 is 33.9 Å². The van der Waals surface area contributed by atoms with Gasteiger partial charge in [-0.3, -0.25) is 14.5 Å². The molecule has 1 saturated heterocycles. The highest BCUT2D eigenvalue weighted by Crippen LogP contribution is 2.40. The number of carboxylic acid groups (broad SMARTS) is 1. The van der Waals surface area contributed by atoms with E-state index in [9.17, 15) is 24.3 Å². The number of rotatable bonds is 9. The predicted molar refractivity (Wildman–Crippen MR) is 113 cm³/mol. The molecule has 0 radical (unpaired) electrons. The van der Waals surface area contributed by atoms with Gasteiger partial charge in [-0.15, -0.1) is 23.1 Å². The lowest BCUT2D eigenvalue weighted by Gasteiger charge is -2.49. The van der Waals surface area contributed by atoms with Gasteiger partial charge >= 0.3 is 12.1 Å². The van der Waals surface area contributed by atoms with Gasteiger partial charge in [-0.2, -0.15) is 0 Å². The number of primary amides is 1. The van der Waals surface area contributed by atoms with E-state index in [1.807, 2.05) is 0 Å². The van der Waals surface area contributed by atoms with Crippen molar-refractivity contribution in [2.24, 2.45) is 16.6 Å². The summed E-state index contributed by atoms with van der Waals surface area (Å²) in [6.45, 7) is -0.148. The molecule has 16 heteroatoms. The number of oxime groups is 1. The smallest absolute Gasteiger partial charge is 0.404 e. The van der Waals surface area contributed by atoms with E-state index in [2.05, 4.69) is 20.2 Å². The molecular formula is C16H19N7O7S2. The number of carboxylic acids is 1. The number of amides is 3. The number of fused-ring (bicyclic) bond motifs is 1. The maximum absolute atomic E-state index is 12.8. The predicted octanol–water partition coefficient (Wildman–Crippen LogP) is -1.76. The van der Waals surface area contributed by atoms with E-state index in [1.165, 1.54) is 17.1 Å². The number of carbonyl (C=O) groups is 4. The van der Waals surface area contributed by atoms with Crippen LogP contribution in [0.2, 0.25) is 0 Å². The molecule has 0 spiro atoms. The number of ether oxygens (including phenoxy) is 1. The number of nitrogen functional groups attached to an aromatic ring is 1. The average Bonchev–Trinajstić information content (AvgIpc) is 3.18. The highest BCUT2D eigenvalue weighted by Gasteiger charge is 2.54. The number of nitrogens with one attached hydrogen (secondary N) is 1. The van der Waals surface area contributed by atoms with Crippen molar-refractivity contribution in [3.8, 4) is 0 Å². The van der Waals surface area contributed by atoms with Crippen molar-refractivity contribution in [1.29, 1.82) is 0 Å². The van der Waals surface area contributed by atoms with Gasteiger partial charge in [0.15, 0.2) is 10.8 Å². The Hall–Kier alpha value is -3.37. The molecule has 3 rings (SSSR count). The van der Waals surface area contributed by atoms with Gasteiger partial charge < -0.3 is 37.2 Å². The van der Waals surface area contributed by atoms with Crippen molar-refractivity contribution in [3.05, 3.63) is 22.3 Å². The summed E-state index contributed by atoms with van der Waals surface area (Å²) >= 11 is 2.28. The number of nitrogens with zero attached hydrogens (tertiary/aromatic N) is 3. The van der Waals surface area contributed by atoms with Crippen LogP contribution in [0, 0.1) is 0 Å². The molecule has 1 fully saturated rings. The second kappa shape index (κ2) is 9.84. The third-order valence-electron chi connectivity index (χ3n) is 4.27. The zero-order valence-corrected chi connectivity index (χ0v) is 18.0. The number of nitrogens with two attached hydrogens (primary N) is 3. The van der Waals surface area contributed by atoms with E-state index in [0.717, 1.165) is 16.2 Å². The van der Waals surface area contributed by atoms with E-state index in [-0.39, 0.29) is 53.3 Å². The van der Waals surface area contributed by atoms with Crippen molar-refractivity contribution in [2.45, 2.75) is 11.4 Å². The van der Waals surface area contributed by atoms with Crippen LogP contribution in [-0.2, 0) is 24.0 Å². The SMILES string of the molecule is NCCON=C(C(=O)NC1C(=O)N2C(C(=O)O)=C(COC(N)=O)CS[C@H]12)c1csc(N)n1. The van der Waals surface area contributed by atoms with Crippen LogP contribution >= 0.6 is 23.1 Å². The largest absolute Gasteiger partial charge is 0.477 e. The van der Waals surface area contributed by atoms with Gasteiger partial charge in [-0.05, 0) is 0 Å². The molecule has 1 unspecified atom stereocenters. The van der Waals surface area contributed by atoms with Gasteiger partial charge in [0.2, 0.25) is 0 Å². The summed E-state index contributed by atoms with van der Waals surface area (Å²) in [7, 11) is 0. The van der Waals surface area contributed by atoms with Crippen LogP contribution in [0.5, 0.6) is 0 Å². The zero-order chi connectivity index (χ0) is 23.4. The van der Waals surface area contributed by atoms with Crippen LogP contribution in [0.25, 0.3) is 0 Å². The van der Waals surface area contributed by atoms with Crippen molar-refractivity contribution >= 4 is 57.8 Å². The molecule has 14 nitrogen and oxygen atoms in total. The standard InChI is InChI=1S/C16H19N7O7S2/c17-1-2-30-22-8(7-5-32-15(18)20-7)11(24)21-9-12(25)23-10(14(26)27)6(3-29-16(19)28)4-31-13(9)23/h5,9,13H,1-4,17H2,(H2,18,20)(H2,19,28)(H,21,24)(H,26,27)/t9?,13-/m1/s1. The lowest BCUT2D eigenvalue weighted by atomic mass is 10.0. The molecule has 3 amide bonds. The van der Waals surface area contributed by atoms with Crippen LogP contribution in [0.4, 0.5) is 9.93 Å². The molecule has 1 aromatic rings. The topological polar surface area (TPSA) is 226 Å². The quantitative estimate of drug-likeness (QED) is 0.114. The first-order valence-electron chi connectivity index (χ1n) is 8.99. The Morgan fingerprint density at radius 1 is 1.41 bits per heavy atom. The number of thioether (sulfide) groups is 1. The number of hydrogen-bond acceptors (Lipinski definition) is 12. The fraction of sp³-hybridized carbons (Fsp3) is 0.375. The van der Waals surface area contributed by atoms with Crippen LogP contribution in [-0.4, -0.2) is 81.5 Å². The maximum Gasteiger partial charge on any atom is 0.404 e. The molecule has 1 aromatic heterocycles. The number of thiazole rings is 1. The van der Waals surface area contributed by atoms with Gasteiger partial charge in [-0.1, -0.05) is 5.16 Å². The molecule has 0 saturated carbocycles. The van der Waals surface area contributed by atoms with Crippen LogP contribution in [0.3, 0.4) is 0 Å². The Bertz CT molecular complexity index is 1010.